The Balaban J connectivity index is 2.30. The molecule has 0 aliphatic heterocycles. The lowest BCUT2D eigenvalue weighted by Gasteiger charge is -2.06. The van der Waals surface area contributed by atoms with Gasteiger partial charge in [-0.25, -0.2) is 0 Å². The van der Waals surface area contributed by atoms with Crippen molar-refractivity contribution < 1.29 is 9.53 Å². The Morgan fingerprint density at radius 2 is 2.17 bits per heavy atom. The fraction of sp³-hybridized carbons (Fsp3) is 0.143. The van der Waals surface area contributed by atoms with Gasteiger partial charge in [0.25, 0.3) is 0 Å². The van der Waals surface area contributed by atoms with Gasteiger partial charge in [-0.2, -0.15) is 0 Å². The number of primary amides is 1. The molecule has 4 heteroatoms. The highest BCUT2D eigenvalue weighted by atomic mass is 16.5. The Hall–Kier alpha value is -2.36. The summed E-state index contributed by atoms with van der Waals surface area (Å²) in [6.45, 7) is 2.56. The van der Waals surface area contributed by atoms with Gasteiger partial charge in [-0.15, -0.1) is 0 Å². The fourth-order valence-electron chi connectivity index (χ4n) is 1.62. The third kappa shape index (κ3) is 2.66. The van der Waals surface area contributed by atoms with Crippen LogP contribution in [-0.4, -0.2) is 17.5 Å². The number of rotatable bonds is 4. The minimum absolute atomic E-state index is 0.403. The number of hydrogen-bond donors (Lipinski definition) is 1. The molecule has 0 spiro atoms. The average Bonchev–Trinajstić information content (AvgIpc) is 2.39. The van der Waals surface area contributed by atoms with Gasteiger partial charge in [0.15, 0.2) is 0 Å². The average molecular weight is 242 g/mol. The summed E-state index contributed by atoms with van der Waals surface area (Å²) in [6, 6.07) is 11.1. The van der Waals surface area contributed by atoms with Gasteiger partial charge in [0.2, 0.25) is 5.91 Å². The van der Waals surface area contributed by atoms with Crippen LogP contribution in [-0.2, 0) is 0 Å². The quantitative estimate of drug-likeness (QED) is 0.894. The lowest BCUT2D eigenvalue weighted by Crippen LogP contribution is -2.10. The summed E-state index contributed by atoms with van der Waals surface area (Å²) in [4.78, 5) is 15.2. The summed E-state index contributed by atoms with van der Waals surface area (Å²) in [5.41, 5.74) is 7.29. The molecular formula is C14H14N2O2. The van der Waals surface area contributed by atoms with Crippen molar-refractivity contribution in [2.45, 2.75) is 6.92 Å². The van der Waals surface area contributed by atoms with Crippen molar-refractivity contribution in [2.75, 3.05) is 6.61 Å². The molecular weight excluding hydrogens is 228 g/mol. The maximum atomic E-state index is 11.0. The zero-order valence-corrected chi connectivity index (χ0v) is 10.1. The van der Waals surface area contributed by atoms with Gasteiger partial charge in [0, 0.05) is 11.8 Å². The maximum absolute atomic E-state index is 11.0. The molecule has 1 aromatic heterocycles. The van der Waals surface area contributed by atoms with Crippen molar-refractivity contribution in [1.82, 2.24) is 4.98 Å². The van der Waals surface area contributed by atoms with Crippen LogP contribution in [0.25, 0.3) is 11.3 Å². The SMILES string of the molecule is CCOc1cccc(-c2ccc(C(N)=O)cn2)c1. The number of pyridine rings is 1. The number of carbonyl (C=O) groups is 1. The largest absolute Gasteiger partial charge is 0.494 e. The molecule has 0 bridgehead atoms. The molecule has 1 amide bonds. The minimum Gasteiger partial charge on any atom is -0.494 e. The molecule has 0 aliphatic rings. The predicted octanol–water partition coefficient (Wildman–Crippen LogP) is 2.25. The van der Waals surface area contributed by atoms with E-state index < -0.39 is 5.91 Å². The highest BCUT2D eigenvalue weighted by Gasteiger charge is 2.04. The van der Waals surface area contributed by atoms with Gasteiger partial charge in [-0.1, -0.05) is 12.1 Å². The van der Waals surface area contributed by atoms with Crippen LogP contribution in [0.5, 0.6) is 5.75 Å². The molecule has 18 heavy (non-hydrogen) atoms. The van der Waals surface area contributed by atoms with Gasteiger partial charge >= 0.3 is 0 Å². The number of nitrogens with zero attached hydrogens (tertiary/aromatic N) is 1. The lowest BCUT2D eigenvalue weighted by molar-refractivity contribution is 0.1000. The first-order valence-electron chi connectivity index (χ1n) is 5.70. The third-order valence-electron chi connectivity index (χ3n) is 2.49. The molecule has 2 aromatic rings. The number of benzene rings is 1. The van der Waals surface area contributed by atoms with E-state index in [1.54, 1.807) is 12.1 Å². The van der Waals surface area contributed by atoms with Crippen LogP contribution in [0, 0.1) is 0 Å². The second-order valence-electron chi connectivity index (χ2n) is 3.76. The van der Waals surface area contributed by atoms with Crippen molar-refractivity contribution in [3.8, 4) is 17.0 Å². The van der Waals surface area contributed by atoms with Crippen molar-refractivity contribution in [1.29, 1.82) is 0 Å². The van der Waals surface area contributed by atoms with Crippen LogP contribution in [0.3, 0.4) is 0 Å². The van der Waals surface area contributed by atoms with Crippen LogP contribution in [0.2, 0.25) is 0 Å². The molecule has 0 fully saturated rings. The maximum Gasteiger partial charge on any atom is 0.250 e. The number of nitrogens with two attached hydrogens (primary N) is 1. The van der Waals surface area contributed by atoms with E-state index in [0.717, 1.165) is 17.0 Å². The molecule has 0 saturated carbocycles. The minimum atomic E-state index is -0.475. The van der Waals surface area contributed by atoms with Crippen LogP contribution >= 0.6 is 0 Å². The first kappa shape index (κ1) is 12.1. The summed E-state index contributed by atoms with van der Waals surface area (Å²) in [5.74, 6) is 0.327. The second kappa shape index (κ2) is 5.31. The van der Waals surface area contributed by atoms with Gasteiger partial charge in [-0.3, -0.25) is 9.78 Å². The summed E-state index contributed by atoms with van der Waals surface area (Å²) in [7, 11) is 0. The molecule has 0 unspecified atom stereocenters. The molecule has 1 heterocycles. The summed E-state index contributed by atoms with van der Waals surface area (Å²) >= 11 is 0. The number of amides is 1. The van der Waals surface area contributed by atoms with Gasteiger partial charge in [0.1, 0.15) is 5.75 Å². The number of carbonyl (C=O) groups excluding carboxylic acids is 1. The summed E-state index contributed by atoms with van der Waals surface area (Å²) < 4.78 is 5.43. The van der Waals surface area contributed by atoms with E-state index in [0.29, 0.717) is 12.2 Å². The normalized spacial score (nSPS) is 10.1. The van der Waals surface area contributed by atoms with Crippen LogP contribution < -0.4 is 10.5 Å². The summed E-state index contributed by atoms with van der Waals surface area (Å²) in [6.07, 6.45) is 1.48. The number of aromatic nitrogens is 1. The van der Waals surface area contributed by atoms with Gasteiger partial charge in [0.05, 0.1) is 17.9 Å². The molecule has 1 aromatic carbocycles. The van der Waals surface area contributed by atoms with E-state index in [2.05, 4.69) is 4.98 Å². The molecule has 2 N–H and O–H groups in total. The van der Waals surface area contributed by atoms with Gasteiger partial charge in [-0.05, 0) is 31.2 Å². The van der Waals surface area contributed by atoms with E-state index in [1.165, 1.54) is 6.20 Å². The van der Waals surface area contributed by atoms with Crippen molar-refractivity contribution in [3.63, 3.8) is 0 Å². The molecule has 0 saturated heterocycles. The van der Waals surface area contributed by atoms with Crippen LogP contribution in [0.15, 0.2) is 42.6 Å². The van der Waals surface area contributed by atoms with Crippen molar-refractivity contribution in [3.05, 3.63) is 48.2 Å². The van der Waals surface area contributed by atoms with E-state index in [-0.39, 0.29) is 0 Å². The molecule has 0 radical (unpaired) electrons. The second-order valence-corrected chi connectivity index (χ2v) is 3.76. The zero-order valence-electron chi connectivity index (χ0n) is 10.1. The van der Waals surface area contributed by atoms with E-state index >= 15 is 0 Å². The molecule has 92 valence electrons. The zero-order chi connectivity index (χ0) is 13.0. The van der Waals surface area contributed by atoms with E-state index in [4.69, 9.17) is 10.5 Å². The Kier molecular flexibility index (Phi) is 3.57. The highest BCUT2D eigenvalue weighted by molar-refractivity contribution is 5.92. The number of hydrogen-bond acceptors (Lipinski definition) is 3. The van der Waals surface area contributed by atoms with Crippen LogP contribution in [0.4, 0.5) is 0 Å². The predicted molar refractivity (Wildman–Crippen MR) is 69.4 cm³/mol. The van der Waals surface area contributed by atoms with Crippen molar-refractivity contribution >= 4 is 5.91 Å². The Labute approximate surface area is 105 Å². The standard InChI is InChI=1S/C14H14N2O2/c1-2-18-12-5-3-4-10(8-12)13-7-6-11(9-16-13)14(15)17/h3-9H,2H2,1H3,(H2,15,17). The summed E-state index contributed by atoms with van der Waals surface area (Å²) in [5, 5.41) is 0. The van der Waals surface area contributed by atoms with E-state index in [1.807, 2.05) is 31.2 Å². The first-order valence-corrected chi connectivity index (χ1v) is 5.70. The number of ether oxygens (including phenoxy) is 1. The topological polar surface area (TPSA) is 65.2 Å². The molecule has 0 atom stereocenters. The monoisotopic (exact) mass is 242 g/mol. The molecule has 2 rings (SSSR count). The molecule has 4 nitrogen and oxygen atoms in total. The highest BCUT2D eigenvalue weighted by Crippen LogP contribution is 2.22. The van der Waals surface area contributed by atoms with Crippen LogP contribution in [0.1, 0.15) is 17.3 Å². The Morgan fingerprint density at radius 3 is 2.78 bits per heavy atom. The first-order chi connectivity index (χ1) is 8.70. The Bertz CT molecular complexity index is 550. The fourth-order valence-corrected chi connectivity index (χ4v) is 1.62. The van der Waals surface area contributed by atoms with E-state index in [9.17, 15) is 4.79 Å². The lowest BCUT2D eigenvalue weighted by atomic mass is 10.1. The van der Waals surface area contributed by atoms with Gasteiger partial charge < -0.3 is 10.5 Å². The van der Waals surface area contributed by atoms with Crippen molar-refractivity contribution in [2.24, 2.45) is 5.73 Å². The molecule has 0 aliphatic carbocycles. The third-order valence-corrected chi connectivity index (χ3v) is 2.49. The smallest absolute Gasteiger partial charge is 0.250 e. The Morgan fingerprint density at radius 1 is 1.33 bits per heavy atom.